The molecule has 0 spiro atoms. The zero-order valence-corrected chi connectivity index (χ0v) is 18.5. The number of pyridine rings is 1. The summed E-state index contributed by atoms with van der Waals surface area (Å²) in [5, 5.41) is 5.04. The summed E-state index contributed by atoms with van der Waals surface area (Å²) in [6.45, 7) is 5.66. The van der Waals surface area contributed by atoms with Gasteiger partial charge in [-0.15, -0.1) is 0 Å². The monoisotopic (exact) mass is 443 g/mol. The van der Waals surface area contributed by atoms with E-state index in [1.165, 1.54) is 0 Å². The topological polar surface area (TPSA) is 71.1 Å². The zero-order valence-electron chi connectivity index (χ0n) is 17.8. The minimum absolute atomic E-state index is 0.182. The van der Waals surface area contributed by atoms with Crippen LogP contribution in [0.3, 0.4) is 0 Å². The highest BCUT2D eigenvalue weighted by Crippen LogP contribution is 2.26. The second kappa shape index (κ2) is 9.16. The van der Waals surface area contributed by atoms with E-state index < -0.39 is 0 Å². The Morgan fingerprint density at radius 1 is 1.19 bits per heavy atom. The first kappa shape index (κ1) is 21.5. The summed E-state index contributed by atoms with van der Waals surface area (Å²) in [5.41, 5.74) is 2.61. The summed E-state index contributed by atoms with van der Waals surface area (Å²) in [6, 6.07) is 16.6. The van der Waals surface area contributed by atoms with E-state index in [1.807, 2.05) is 67.6 Å². The molecule has 1 N–H and O–H groups in total. The van der Waals surface area contributed by atoms with Crippen LogP contribution in [0.5, 0.6) is 0 Å². The lowest BCUT2D eigenvalue weighted by Gasteiger charge is -2.23. The van der Waals surface area contributed by atoms with E-state index in [0.717, 1.165) is 16.8 Å². The summed E-state index contributed by atoms with van der Waals surface area (Å²) in [5.74, 6) is 0.483. The maximum Gasteiger partial charge on any atom is 0.264 e. The molecule has 2 heterocycles. The number of fused-ring (bicyclic) bond motifs is 1. The van der Waals surface area contributed by atoms with E-state index in [-0.39, 0.29) is 11.6 Å². The molecule has 2 aromatic carbocycles. The first-order valence-electron chi connectivity index (χ1n) is 10.1. The molecular weight excluding hydrogens is 422 g/mol. The Kier molecular flexibility index (Phi) is 6.14. The second-order valence-corrected chi connectivity index (χ2v) is 7.62. The predicted octanol–water partition coefficient (Wildman–Crippen LogP) is 4.88. The third-order valence-electron chi connectivity index (χ3n) is 5.25. The lowest BCUT2D eigenvalue weighted by atomic mass is 10.1. The Labute approximate surface area is 191 Å². The molecule has 0 amide bonds. The van der Waals surface area contributed by atoms with Crippen LogP contribution in [0.25, 0.3) is 16.5 Å². The van der Waals surface area contributed by atoms with Crippen molar-refractivity contribution in [1.82, 2.24) is 9.88 Å². The smallest absolute Gasteiger partial charge is 0.264 e. The van der Waals surface area contributed by atoms with Crippen molar-refractivity contribution in [2.75, 3.05) is 7.05 Å². The molecule has 4 rings (SSSR count). The molecule has 0 saturated carbocycles. The highest BCUT2D eigenvalue weighted by Gasteiger charge is 2.20. The standard InChI is InChI=1S/C25H22ClN5O/c1-16(30-24(28-3)23-20(27-2)13-8-14-29-23)21-15-17-9-7-12-19(26)22(17)25(32)31(21)18-10-5-4-6-11-18/h4-16,30H,3H2,1-2H3/b24-23-,27-20-/t16-/m0/s1. The molecule has 7 heteroatoms. The van der Waals surface area contributed by atoms with Crippen LogP contribution in [0.1, 0.15) is 18.7 Å². The molecule has 0 radical (unpaired) electrons. The van der Waals surface area contributed by atoms with E-state index in [9.17, 15) is 4.79 Å². The normalized spacial score (nSPS) is 16.9. The van der Waals surface area contributed by atoms with Crippen LogP contribution < -0.4 is 10.9 Å². The fourth-order valence-corrected chi connectivity index (χ4v) is 3.99. The Morgan fingerprint density at radius 2 is 1.97 bits per heavy atom. The van der Waals surface area contributed by atoms with Gasteiger partial charge in [0.15, 0.2) is 5.82 Å². The number of halogens is 1. The largest absolute Gasteiger partial charge is 0.360 e. The number of para-hydroxylation sites is 1. The molecule has 6 nitrogen and oxygen atoms in total. The number of benzene rings is 2. The Morgan fingerprint density at radius 3 is 2.69 bits per heavy atom. The number of dihydropyridines is 1. The quantitative estimate of drug-likeness (QED) is 0.571. The van der Waals surface area contributed by atoms with Gasteiger partial charge in [-0.25, -0.2) is 4.99 Å². The van der Waals surface area contributed by atoms with Crippen LogP contribution in [-0.4, -0.2) is 30.3 Å². The van der Waals surface area contributed by atoms with Gasteiger partial charge < -0.3 is 5.32 Å². The van der Waals surface area contributed by atoms with Gasteiger partial charge in [-0.2, -0.15) is 0 Å². The number of aliphatic imine (C=N–C) groups is 3. The SMILES string of the molecule is C=N/C(N[C@@H](C)c1cc2cccc(Cl)c2c(=O)n1-c1ccccc1)=C1/N=CC=C/C1=N/C. The maximum atomic E-state index is 13.6. The third-order valence-corrected chi connectivity index (χ3v) is 5.56. The van der Waals surface area contributed by atoms with Crippen molar-refractivity contribution in [2.45, 2.75) is 13.0 Å². The van der Waals surface area contributed by atoms with Crippen LogP contribution in [0.4, 0.5) is 0 Å². The molecule has 0 bridgehead atoms. The van der Waals surface area contributed by atoms with Crippen LogP contribution in [-0.2, 0) is 0 Å². The van der Waals surface area contributed by atoms with Gasteiger partial charge in [-0.05, 0) is 55.4 Å². The summed E-state index contributed by atoms with van der Waals surface area (Å²) >= 11 is 6.40. The van der Waals surface area contributed by atoms with E-state index in [2.05, 4.69) is 27.0 Å². The number of hydrogen-bond donors (Lipinski definition) is 1. The fourth-order valence-electron chi connectivity index (χ4n) is 3.73. The summed E-state index contributed by atoms with van der Waals surface area (Å²) in [4.78, 5) is 26.4. The van der Waals surface area contributed by atoms with Crippen LogP contribution in [0.2, 0.25) is 5.02 Å². The number of nitrogens with one attached hydrogen (secondary N) is 1. The van der Waals surface area contributed by atoms with E-state index in [4.69, 9.17) is 11.6 Å². The van der Waals surface area contributed by atoms with Gasteiger partial charge in [0, 0.05) is 24.6 Å². The molecule has 1 aliphatic rings. The first-order valence-corrected chi connectivity index (χ1v) is 10.5. The number of rotatable bonds is 5. The summed E-state index contributed by atoms with van der Waals surface area (Å²) in [7, 11) is 1.70. The second-order valence-electron chi connectivity index (χ2n) is 7.22. The molecule has 0 fully saturated rings. The van der Waals surface area contributed by atoms with Crippen LogP contribution >= 0.6 is 11.6 Å². The van der Waals surface area contributed by atoms with Crippen LogP contribution in [0, 0.1) is 0 Å². The van der Waals surface area contributed by atoms with Gasteiger partial charge in [0.05, 0.1) is 22.2 Å². The van der Waals surface area contributed by atoms with Crippen molar-refractivity contribution in [1.29, 1.82) is 0 Å². The van der Waals surface area contributed by atoms with Crippen molar-refractivity contribution in [3.63, 3.8) is 0 Å². The average molecular weight is 444 g/mol. The molecule has 1 aliphatic heterocycles. The zero-order chi connectivity index (χ0) is 22.7. The molecule has 0 aliphatic carbocycles. The number of aromatic nitrogens is 1. The van der Waals surface area contributed by atoms with Crippen molar-refractivity contribution in [2.24, 2.45) is 15.0 Å². The predicted molar refractivity (Wildman–Crippen MR) is 134 cm³/mol. The van der Waals surface area contributed by atoms with Gasteiger partial charge in [0.2, 0.25) is 0 Å². The molecule has 160 valence electrons. The average Bonchev–Trinajstić information content (AvgIpc) is 2.82. The van der Waals surface area contributed by atoms with Gasteiger partial charge in [-0.3, -0.25) is 19.3 Å². The van der Waals surface area contributed by atoms with Crippen molar-refractivity contribution in [3.05, 3.63) is 99.3 Å². The molecule has 0 unspecified atom stereocenters. The van der Waals surface area contributed by atoms with E-state index >= 15 is 0 Å². The Balaban J connectivity index is 1.90. The molecule has 0 saturated heterocycles. The number of hydrogen-bond acceptors (Lipinski definition) is 5. The lowest BCUT2D eigenvalue weighted by Crippen LogP contribution is -2.29. The van der Waals surface area contributed by atoms with Gasteiger partial charge >= 0.3 is 0 Å². The molecule has 32 heavy (non-hydrogen) atoms. The number of nitrogens with zero attached hydrogens (tertiary/aromatic N) is 4. The van der Waals surface area contributed by atoms with Gasteiger partial charge in [-0.1, -0.05) is 41.9 Å². The highest BCUT2D eigenvalue weighted by atomic mass is 35.5. The molecule has 1 aromatic heterocycles. The van der Waals surface area contributed by atoms with E-state index in [1.54, 1.807) is 23.9 Å². The minimum atomic E-state index is -0.307. The van der Waals surface area contributed by atoms with Crippen molar-refractivity contribution in [3.8, 4) is 5.69 Å². The number of allylic oxidation sites excluding steroid dienone is 2. The lowest BCUT2D eigenvalue weighted by molar-refractivity contribution is 0.608. The van der Waals surface area contributed by atoms with E-state index in [0.29, 0.717) is 27.6 Å². The van der Waals surface area contributed by atoms with Crippen molar-refractivity contribution < 1.29 is 0 Å². The highest BCUT2D eigenvalue weighted by molar-refractivity contribution is 6.35. The van der Waals surface area contributed by atoms with Gasteiger partial charge in [0.25, 0.3) is 5.56 Å². The van der Waals surface area contributed by atoms with Crippen molar-refractivity contribution >= 4 is 41.0 Å². The molecule has 1 atom stereocenters. The fraction of sp³-hybridized carbons (Fsp3) is 0.120. The van der Waals surface area contributed by atoms with Crippen LogP contribution in [0.15, 0.2) is 98.0 Å². The molecular formula is C25H22ClN5O. The third kappa shape index (κ3) is 3.92. The Hall–Kier alpha value is -3.77. The Bertz CT molecular complexity index is 1370. The summed E-state index contributed by atoms with van der Waals surface area (Å²) < 4.78 is 1.68. The maximum absolute atomic E-state index is 13.6. The van der Waals surface area contributed by atoms with Gasteiger partial charge in [0.1, 0.15) is 5.70 Å². The summed E-state index contributed by atoms with van der Waals surface area (Å²) in [6.07, 6.45) is 5.35. The molecule has 3 aromatic rings. The minimum Gasteiger partial charge on any atom is -0.360 e. The first-order chi connectivity index (χ1) is 15.5.